The number of hydrogen-bond acceptors (Lipinski definition) is 3. The molecule has 1 aliphatic rings. The summed E-state index contributed by atoms with van der Waals surface area (Å²) in [5, 5.41) is 4.85. The predicted molar refractivity (Wildman–Crippen MR) is 88.3 cm³/mol. The second-order valence-corrected chi connectivity index (χ2v) is 6.06. The van der Waals surface area contributed by atoms with Gasteiger partial charge in [0.1, 0.15) is 0 Å². The molecule has 1 N–H and O–H groups in total. The molecule has 112 valence electrons. The summed E-state index contributed by atoms with van der Waals surface area (Å²) in [6, 6.07) is 11.5. The van der Waals surface area contributed by atoms with Crippen LogP contribution in [0.1, 0.15) is 31.7 Å². The first-order valence-corrected chi connectivity index (χ1v) is 8.14. The van der Waals surface area contributed by atoms with E-state index in [1.807, 2.05) is 12.3 Å². The fourth-order valence-corrected chi connectivity index (χ4v) is 3.26. The fourth-order valence-electron chi connectivity index (χ4n) is 3.26. The van der Waals surface area contributed by atoms with Gasteiger partial charge in [0.05, 0.1) is 5.52 Å². The minimum Gasteiger partial charge on any atom is -0.313 e. The van der Waals surface area contributed by atoms with Crippen LogP contribution in [0.2, 0.25) is 0 Å². The SMILES string of the molecule is CCCN(Cc1ccc2ncccc2c1)CC1CCCN1. The summed E-state index contributed by atoms with van der Waals surface area (Å²) in [7, 11) is 0. The highest BCUT2D eigenvalue weighted by Gasteiger charge is 2.17. The molecule has 1 fully saturated rings. The lowest BCUT2D eigenvalue weighted by atomic mass is 10.1. The zero-order valence-electron chi connectivity index (χ0n) is 12.9. The van der Waals surface area contributed by atoms with E-state index in [-0.39, 0.29) is 0 Å². The normalized spacial score (nSPS) is 18.7. The van der Waals surface area contributed by atoms with Gasteiger partial charge in [-0.3, -0.25) is 9.88 Å². The predicted octanol–water partition coefficient (Wildman–Crippen LogP) is 3.20. The van der Waals surface area contributed by atoms with Crippen molar-refractivity contribution in [1.29, 1.82) is 0 Å². The number of nitrogens with zero attached hydrogens (tertiary/aromatic N) is 2. The van der Waals surface area contributed by atoms with Crippen molar-refractivity contribution in [3.8, 4) is 0 Å². The zero-order valence-corrected chi connectivity index (χ0v) is 12.9. The third-order valence-corrected chi connectivity index (χ3v) is 4.25. The van der Waals surface area contributed by atoms with Gasteiger partial charge in [-0.15, -0.1) is 0 Å². The molecule has 0 aliphatic carbocycles. The maximum atomic E-state index is 4.40. The van der Waals surface area contributed by atoms with Crippen LogP contribution in [-0.2, 0) is 6.54 Å². The first-order valence-electron chi connectivity index (χ1n) is 8.14. The largest absolute Gasteiger partial charge is 0.313 e. The van der Waals surface area contributed by atoms with E-state index in [0.717, 1.165) is 12.1 Å². The lowest BCUT2D eigenvalue weighted by Gasteiger charge is -2.25. The summed E-state index contributed by atoms with van der Waals surface area (Å²) in [4.78, 5) is 6.98. The van der Waals surface area contributed by atoms with Crippen LogP contribution >= 0.6 is 0 Å². The number of fused-ring (bicyclic) bond motifs is 1. The van der Waals surface area contributed by atoms with E-state index in [9.17, 15) is 0 Å². The number of aromatic nitrogens is 1. The molecule has 0 bridgehead atoms. The standard InChI is InChI=1S/C18H25N3/c1-2-11-21(14-17-6-4-9-19-17)13-15-7-8-18-16(12-15)5-3-10-20-18/h3,5,7-8,10,12,17,19H,2,4,6,9,11,13-14H2,1H3. The summed E-state index contributed by atoms with van der Waals surface area (Å²) >= 11 is 0. The minimum atomic E-state index is 0.679. The summed E-state index contributed by atoms with van der Waals surface area (Å²) < 4.78 is 0. The molecular formula is C18H25N3. The summed E-state index contributed by atoms with van der Waals surface area (Å²) in [5.41, 5.74) is 2.47. The Labute approximate surface area is 127 Å². The van der Waals surface area contributed by atoms with Crippen LogP contribution in [0, 0.1) is 0 Å². The number of rotatable bonds is 6. The van der Waals surface area contributed by atoms with Crippen LogP contribution in [0.25, 0.3) is 10.9 Å². The van der Waals surface area contributed by atoms with Crippen molar-refractivity contribution in [3.63, 3.8) is 0 Å². The Bertz CT molecular complexity index is 575. The molecule has 3 nitrogen and oxygen atoms in total. The average molecular weight is 283 g/mol. The summed E-state index contributed by atoms with van der Waals surface area (Å²) in [5.74, 6) is 0. The van der Waals surface area contributed by atoms with E-state index < -0.39 is 0 Å². The smallest absolute Gasteiger partial charge is 0.0702 e. The monoisotopic (exact) mass is 283 g/mol. The number of benzene rings is 1. The van der Waals surface area contributed by atoms with E-state index in [1.165, 1.54) is 49.8 Å². The van der Waals surface area contributed by atoms with E-state index in [1.54, 1.807) is 0 Å². The molecule has 0 amide bonds. The van der Waals surface area contributed by atoms with Gasteiger partial charge in [-0.1, -0.05) is 19.1 Å². The molecular weight excluding hydrogens is 258 g/mol. The summed E-state index contributed by atoms with van der Waals surface area (Å²) in [6.45, 7) is 6.82. The van der Waals surface area contributed by atoms with Gasteiger partial charge < -0.3 is 5.32 Å². The third-order valence-electron chi connectivity index (χ3n) is 4.25. The number of hydrogen-bond donors (Lipinski definition) is 1. The second-order valence-electron chi connectivity index (χ2n) is 6.06. The van der Waals surface area contributed by atoms with E-state index in [4.69, 9.17) is 0 Å². The van der Waals surface area contributed by atoms with E-state index in [2.05, 4.69) is 46.4 Å². The highest BCUT2D eigenvalue weighted by molar-refractivity contribution is 5.78. The molecule has 0 spiro atoms. The van der Waals surface area contributed by atoms with Gasteiger partial charge in [0, 0.05) is 30.7 Å². The van der Waals surface area contributed by atoms with Crippen LogP contribution in [0.5, 0.6) is 0 Å². The topological polar surface area (TPSA) is 28.2 Å². The number of pyridine rings is 1. The average Bonchev–Trinajstić information content (AvgIpc) is 3.00. The van der Waals surface area contributed by atoms with Crippen molar-refractivity contribution in [1.82, 2.24) is 15.2 Å². The molecule has 1 aromatic carbocycles. The molecule has 2 aromatic rings. The van der Waals surface area contributed by atoms with Crippen LogP contribution in [0.15, 0.2) is 36.5 Å². The molecule has 1 unspecified atom stereocenters. The Morgan fingerprint density at radius 3 is 3.10 bits per heavy atom. The molecule has 0 radical (unpaired) electrons. The lowest BCUT2D eigenvalue weighted by molar-refractivity contribution is 0.241. The maximum Gasteiger partial charge on any atom is 0.0702 e. The quantitative estimate of drug-likeness (QED) is 0.882. The highest BCUT2D eigenvalue weighted by Crippen LogP contribution is 2.16. The molecule has 1 aromatic heterocycles. The van der Waals surface area contributed by atoms with Crippen molar-refractivity contribution in [2.24, 2.45) is 0 Å². The third kappa shape index (κ3) is 3.80. The van der Waals surface area contributed by atoms with Crippen molar-refractivity contribution >= 4 is 10.9 Å². The molecule has 3 rings (SSSR count). The Hall–Kier alpha value is -1.45. The van der Waals surface area contributed by atoms with Gasteiger partial charge in [-0.2, -0.15) is 0 Å². The Morgan fingerprint density at radius 2 is 2.29 bits per heavy atom. The van der Waals surface area contributed by atoms with Crippen molar-refractivity contribution in [2.45, 2.75) is 38.8 Å². The van der Waals surface area contributed by atoms with Gasteiger partial charge >= 0.3 is 0 Å². The first-order chi connectivity index (χ1) is 10.3. The van der Waals surface area contributed by atoms with Gasteiger partial charge in [-0.25, -0.2) is 0 Å². The van der Waals surface area contributed by atoms with Crippen molar-refractivity contribution in [3.05, 3.63) is 42.1 Å². The van der Waals surface area contributed by atoms with Gasteiger partial charge in [0.25, 0.3) is 0 Å². The highest BCUT2D eigenvalue weighted by atomic mass is 15.1. The lowest BCUT2D eigenvalue weighted by Crippen LogP contribution is -2.37. The van der Waals surface area contributed by atoms with Crippen LogP contribution in [-0.4, -0.2) is 35.6 Å². The zero-order chi connectivity index (χ0) is 14.5. The molecule has 21 heavy (non-hydrogen) atoms. The molecule has 1 saturated heterocycles. The van der Waals surface area contributed by atoms with Crippen molar-refractivity contribution < 1.29 is 0 Å². The number of nitrogens with one attached hydrogen (secondary N) is 1. The molecule has 1 aliphatic heterocycles. The first kappa shape index (κ1) is 14.5. The van der Waals surface area contributed by atoms with Gasteiger partial charge in [0.15, 0.2) is 0 Å². The van der Waals surface area contributed by atoms with E-state index in [0.29, 0.717) is 6.04 Å². The maximum absolute atomic E-state index is 4.40. The Kier molecular flexibility index (Phi) is 4.84. The summed E-state index contributed by atoms with van der Waals surface area (Å²) in [6.07, 6.45) is 5.72. The van der Waals surface area contributed by atoms with Gasteiger partial charge in [0.2, 0.25) is 0 Å². The van der Waals surface area contributed by atoms with Crippen LogP contribution in [0.4, 0.5) is 0 Å². The Balaban J connectivity index is 1.70. The molecule has 2 heterocycles. The molecule has 3 heteroatoms. The van der Waals surface area contributed by atoms with E-state index >= 15 is 0 Å². The minimum absolute atomic E-state index is 0.679. The van der Waals surface area contributed by atoms with Crippen LogP contribution in [0.3, 0.4) is 0 Å². The van der Waals surface area contributed by atoms with Crippen LogP contribution < -0.4 is 5.32 Å². The van der Waals surface area contributed by atoms with Crippen molar-refractivity contribution in [2.75, 3.05) is 19.6 Å². The molecule has 0 saturated carbocycles. The fraction of sp³-hybridized carbons (Fsp3) is 0.500. The Morgan fingerprint density at radius 1 is 1.33 bits per heavy atom. The second kappa shape index (κ2) is 7.01. The molecule has 1 atom stereocenters. The van der Waals surface area contributed by atoms with Gasteiger partial charge in [-0.05, 0) is 56.1 Å².